The zero-order valence-corrected chi connectivity index (χ0v) is 15.0. The molecule has 5 rings (SSSR count). The molecule has 0 radical (unpaired) electrons. The molecule has 2 fully saturated rings. The number of furan rings is 1. The Hall–Kier alpha value is -2.11. The lowest BCUT2D eigenvalue weighted by Crippen LogP contribution is -2.33. The van der Waals surface area contributed by atoms with E-state index in [1.54, 1.807) is 0 Å². The molecule has 1 atom stereocenters. The van der Waals surface area contributed by atoms with Gasteiger partial charge in [0, 0.05) is 37.2 Å². The van der Waals surface area contributed by atoms with Crippen LogP contribution in [0.1, 0.15) is 31.2 Å². The van der Waals surface area contributed by atoms with E-state index in [1.807, 2.05) is 24.4 Å². The maximum Gasteiger partial charge on any atom is 0.153 e. The summed E-state index contributed by atoms with van der Waals surface area (Å²) in [5.74, 6) is 1.72. The molecule has 2 aromatic heterocycles. The van der Waals surface area contributed by atoms with Crippen molar-refractivity contribution in [1.82, 2.24) is 15.1 Å². The van der Waals surface area contributed by atoms with Crippen LogP contribution in [0.2, 0.25) is 0 Å². The van der Waals surface area contributed by atoms with Gasteiger partial charge in [-0.1, -0.05) is 18.2 Å². The molecule has 2 aliphatic rings. The molecular weight excluding hydrogens is 326 g/mol. The fourth-order valence-electron chi connectivity index (χ4n) is 3.94. The Morgan fingerprint density at radius 1 is 1.15 bits per heavy atom. The molecule has 0 spiro atoms. The maximum absolute atomic E-state index is 6.05. The van der Waals surface area contributed by atoms with Crippen molar-refractivity contribution >= 4 is 11.0 Å². The first-order chi connectivity index (χ1) is 12.8. The Labute approximate surface area is 153 Å². The lowest BCUT2D eigenvalue weighted by Gasteiger charge is -2.25. The van der Waals surface area contributed by atoms with Gasteiger partial charge in [-0.15, -0.1) is 0 Å². The van der Waals surface area contributed by atoms with Crippen molar-refractivity contribution in [1.29, 1.82) is 0 Å². The van der Waals surface area contributed by atoms with Crippen LogP contribution in [0.4, 0.5) is 0 Å². The number of hydrogen-bond donors (Lipinski definition) is 1. The molecule has 1 saturated carbocycles. The van der Waals surface area contributed by atoms with Gasteiger partial charge in [-0.25, -0.2) is 0 Å². The molecule has 1 aromatic carbocycles. The minimum atomic E-state index is 0.385. The number of ether oxygens (including phenoxy) is 1. The number of fused-ring (bicyclic) bond motifs is 1. The van der Waals surface area contributed by atoms with Crippen molar-refractivity contribution in [3.63, 3.8) is 0 Å². The summed E-state index contributed by atoms with van der Waals surface area (Å²) in [4.78, 5) is 2.55. The van der Waals surface area contributed by atoms with Crippen LogP contribution in [-0.2, 0) is 11.3 Å². The molecule has 0 amide bonds. The molecule has 3 heterocycles. The molecule has 136 valence electrons. The second kappa shape index (κ2) is 6.89. The van der Waals surface area contributed by atoms with Gasteiger partial charge in [-0.3, -0.25) is 10.00 Å². The first kappa shape index (κ1) is 16.1. The van der Waals surface area contributed by atoms with Gasteiger partial charge in [0.1, 0.15) is 11.3 Å². The summed E-state index contributed by atoms with van der Waals surface area (Å²) < 4.78 is 11.9. The van der Waals surface area contributed by atoms with Crippen LogP contribution in [0.15, 0.2) is 40.9 Å². The molecule has 1 unspecified atom stereocenters. The second-order valence-corrected chi connectivity index (χ2v) is 7.69. The number of benzene rings is 1. The molecule has 1 aliphatic heterocycles. The lowest BCUT2D eigenvalue weighted by atomic mass is 10.1. The van der Waals surface area contributed by atoms with E-state index >= 15 is 0 Å². The predicted molar refractivity (Wildman–Crippen MR) is 101 cm³/mol. The average molecular weight is 351 g/mol. The number of aromatic amines is 1. The van der Waals surface area contributed by atoms with Gasteiger partial charge >= 0.3 is 0 Å². The minimum Gasteiger partial charge on any atom is -0.454 e. The van der Waals surface area contributed by atoms with Crippen LogP contribution in [0.3, 0.4) is 0 Å². The zero-order chi connectivity index (χ0) is 17.3. The number of aromatic nitrogens is 2. The SMILES string of the molecule is c1ccc2oc(-c3[nH]ncc3CN(CC3CC3)CC3CCCO3)cc2c1. The summed E-state index contributed by atoms with van der Waals surface area (Å²) >= 11 is 0. The molecule has 5 heteroatoms. The summed E-state index contributed by atoms with van der Waals surface area (Å²) in [6, 6.07) is 10.2. The monoisotopic (exact) mass is 351 g/mol. The lowest BCUT2D eigenvalue weighted by molar-refractivity contribution is 0.0689. The van der Waals surface area contributed by atoms with Gasteiger partial charge in [-0.2, -0.15) is 5.10 Å². The van der Waals surface area contributed by atoms with Crippen LogP contribution in [0.5, 0.6) is 0 Å². The number of rotatable bonds is 7. The van der Waals surface area contributed by atoms with Gasteiger partial charge in [0.15, 0.2) is 5.76 Å². The van der Waals surface area contributed by atoms with Crippen molar-refractivity contribution in [3.05, 3.63) is 42.1 Å². The summed E-state index contributed by atoms with van der Waals surface area (Å²) in [5, 5.41) is 8.58. The highest BCUT2D eigenvalue weighted by Crippen LogP contribution is 2.32. The van der Waals surface area contributed by atoms with E-state index in [-0.39, 0.29) is 0 Å². The summed E-state index contributed by atoms with van der Waals surface area (Å²) in [6.07, 6.45) is 7.43. The normalized spacial score (nSPS) is 20.4. The quantitative estimate of drug-likeness (QED) is 0.693. The highest BCUT2D eigenvalue weighted by atomic mass is 16.5. The van der Waals surface area contributed by atoms with Gasteiger partial charge < -0.3 is 9.15 Å². The van der Waals surface area contributed by atoms with E-state index in [0.29, 0.717) is 6.10 Å². The van der Waals surface area contributed by atoms with E-state index in [4.69, 9.17) is 9.15 Å². The van der Waals surface area contributed by atoms with E-state index in [2.05, 4.69) is 27.2 Å². The Morgan fingerprint density at radius 3 is 2.88 bits per heavy atom. The van der Waals surface area contributed by atoms with Crippen molar-refractivity contribution in [2.75, 3.05) is 19.7 Å². The summed E-state index contributed by atoms with van der Waals surface area (Å²) in [6.45, 7) is 3.98. The Morgan fingerprint density at radius 2 is 2.08 bits per heavy atom. The Balaban J connectivity index is 1.37. The first-order valence-electron chi connectivity index (χ1n) is 9.70. The van der Waals surface area contributed by atoms with Crippen molar-refractivity contribution in [2.24, 2.45) is 5.92 Å². The van der Waals surface area contributed by atoms with E-state index in [0.717, 1.165) is 54.6 Å². The van der Waals surface area contributed by atoms with E-state index in [1.165, 1.54) is 31.2 Å². The fourth-order valence-corrected chi connectivity index (χ4v) is 3.94. The molecule has 1 N–H and O–H groups in total. The molecule has 1 aliphatic carbocycles. The Kier molecular flexibility index (Phi) is 4.27. The molecule has 5 nitrogen and oxygen atoms in total. The fraction of sp³-hybridized carbons (Fsp3) is 0.476. The van der Waals surface area contributed by atoms with Gasteiger partial charge in [0.2, 0.25) is 0 Å². The third-order valence-electron chi connectivity index (χ3n) is 5.48. The third-order valence-corrected chi connectivity index (χ3v) is 5.48. The molecule has 1 saturated heterocycles. The molecule has 0 bridgehead atoms. The van der Waals surface area contributed by atoms with Crippen LogP contribution in [0.25, 0.3) is 22.4 Å². The van der Waals surface area contributed by atoms with Gasteiger partial charge in [-0.05, 0) is 43.7 Å². The maximum atomic E-state index is 6.05. The van der Waals surface area contributed by atoms with Crippen LogP contribution in [-0.4, -0.2) is 40.9 Å². The molecule has 3 aromatic rings. The predicted octanol–water partition coefficient (Wildman–Crippen LogP) is 4.21. The van der Waals surface area contributed by atoms with Gasteiger partial charge in [0.25, 0.3) is 0 Å². The number of H-pyrrole nitrogens is 1. The molecule has 26 heavy (non-hydrogen) atoms. The third kappa shape index (κ3) is 3.41. The number of nitrogens with one attached hydrogen (secondary N) is 1. The van der Waals surface area contributed by atoms with Crippen molar-refractivity contribution in [2.45, 2.75) is 38.3 Å². The second-order valence-electron chi connectivity index (χ2n) is 7.69. The number of para-hydroxylation sites is 1. The number of hydrogen-bond acceptors (Lipinski definition) is 4. The highest BCUT2D eigenvalue weighted by Gasteiger charge is 2.28. The first-order valence-corrected chi connectivity index (χ1v) is 9.70. The van der Waals surface area contributed by atoms with Crippen molar-refractivity contribution in [3.8, 4) is 11.5 Å². The van der Waals surface area contributed by atoms with E-state index < -0.39 is 0 Å². The summed E-state index contributed by atoms with van der Waals surface area (Å²) in [5.41, 5.74) is 3.11. The minimum absolute atomic E-state index is 0.385. The van der Waals surface area contributed by atoms with Crippen LogP contribution in [0, 0.1) is 5.92 Å². The smallest absolute Gasteiger partial charge is 0.153 e. The standard InChI is InChI=1S/C21H25N3O2/c1-2-6-19-16(4-1)10-20(26-19)21-17(11-22-23-21)13-24(12-15-7-8-15)14-18-5-3-9-25-18/h1-2,4,6,10-11,15,18H,3,5,7-9,12-14H2,(H,22,23). The van der Waals surface area contributed by atoms with Crippen molar-refractivity contribution < 1.29 is 9.15 Å². The largest absolute Gasteiger partial charge is 0.454 e. The van der Waals surface area contributed by atoms with Crippen LogP contribution >= 0.6 is 0 Å². The zero-order valence-electron chi connectivity index (χ0n) is 15.0. The van der Waals surface area contributed by atoms with Crippen LogP contribution < -0.4 is 0 Å². The molecular formula is C21H25N3O2. The Bertz CT molecular complexity index is 841. The van der Waals surface area contributed by atoms with E-state index in [9.17, 15) is 0 Å². The summed E-state index contributed by atoms with van der Waals surface area (Å²) in [7, 11) is 0. The average Bonchev–Trinajstić information content (AvgIpc) is 3.07. The highest BCUT2D eigenvalue weighted by molar-refractivity contribution is 5.82. The number of nitrogens with zero attached hydrogens (tertiary/aromatic N) is 2. The topological polar surface area (TPSA) is 54.3 Å². The van der Waals surface area contributed by atoms with Gasteiger partial charge in [0.05, 0.1) is 12.3 Å².